The van der Waals surface area contributed by atoms with Crippen LogP contribution in [0.4, 0.5) is 0 Å². The highest BCUT2D eigenvalue weighted by Gasteiger charge is 2.39. The summed E-state index contributed by atoms with van der Waals surface area (Å²) >= 11 is 5.74. The molecule has 0 bridgehead atoms. The Balaban J connectivity index is 2.27. The number of sulfonamides is 1. The smallest absolute Gasteiger partial charge is 0.260 e. The number of aromatic amines is 1. The molecule has 1 N–H and O–H groups in total. The van der Waals surface area contributed by atoms with Crippen LogP contribution in [0.15, 0.2) is 11.2 Å². The van der Waals surface area contributed by atoms with E-state index in [0.29, 0.717) is 24.6 Å². The van der Waals surface area contributed by atoms with Crippen molar-refractivity contribution in [1.29, 1.82) is 0 Å². The lowest BCUT2D eigenvalue weighted by Gasteiger charge is -2.22. The number of nitrogens with one attached hydrogen (secondary N) is 1. The van der Waals surface area contributed by atoms with Crippen LogP contribution in [0, 0.1) is 5.92 Å². The number of halogens is 1. The maximum Gasteiger partial charge on any atom is 0.260 e. The second-order valence-electron chi connectivity index (χ2n) is 5.19. The molecule has 19 heavy (non-hydrogen) atoms. The number of rotatable bonds is 4. The summed E-state index contributed by atoms with van der Waals surface area (Å²) in [7, 11) is 0.407. The molecule has 0 amide bonds. The highest BCUT2D eigenvalue weighted by Crippen LogP contribution is 2.27. The molecule has 1 saturated heterocycles. The van der Waals surface area contributed by atoms with Crippen LogP contribution < -0.4 is 0 Å². The third kappa shape index (κ3) is 2.65. The number of likely N-dealkylation sites (N-methyl/N-ethyl adjacent to an activating group) is 1. The second-order valence-corrected chi connectivity index (χ2v) is 7.33. The fraction of sp³-hybridized carbons (Fsp3) is 0.727. The van der Waals surface area contributed by atoms with E-state index in [0.717, 1.165) is 0 Å². The van der Waals surface area contributed by atoms with Crippen molar-refractivity contribution in [3.8, 4) is 0 Å². The summed E-state index contributed by atoms with van der Waals surface area (Å²) in [4.78, 5) is 2.07. The van der Waals surface area contributed by atoms with Crippen LogP contribution in [-0.4, -0.2) is 61.0 Å². The van der Waals surface area contributed by atoms with Crippen LogP contribution in [0.3, 0.4) is 0 Å². The third-order valence-electron chi connectivity index (χ3n) is 3.62. The highest BCUT2D eigenvalue weighted by molar-refractivity contribution is 7.89. The van der Waals surface area contributed by atoms with Crippen LogP contribution in [-0.2, 0) is 15.9 Å². The summed E-state index contributed by atoms with van der Waals surface area (Å²) < 4.78 is 26.6. The summed E-state index contributed by atoms with van der Waals surface area (Å²) in [6, 6.07) is 0.233. The first-order valence-corrected chi connectivity index (χ1v) is 8.10. The van der Waals surface area contributed by atoms with Crippen molar-refractivity contribution in [2.45, 2.75) is 23.9 Å². The number of alkyl halides is 1. The van der Waals surface area contributed by atoms with Gasteiger partial charge in [0.15, 0.2) is 5.03 Å². The molecule has 1 aromatic rings. The molecular weight excluding hydrogens is 288 g/mol. The maximum absolute atomic E-state index is 12.6. The molecule has 108 valence electrons. The van der Waals surface area contributed by atoms with E-state index in [1.807, 2.05) is 14.1 Å². The number of hydrogen-bond acceptors (Lipinski definition) is 4. The summed E-state index contributed by atoms with van der Waals surface area (Å²) in [5.74, 6) is 0.429. The van der Waals surface area contributed by atoms with Crippen molar-refractivity contribution in [3.05, 3.63) is 11.8 Å². The minimum Gasteiger partial charge on any atom is -0.305 e. The van der Waals surface area contributed by atoms with Gasteiger partial charge < -0.3 is 4.90 Å². The zero-order valence-corrected chi connectivity index (χ0v) is 12.9. The van der Waals surface area contributed by atoms with Crippen molar-refractivity contribution >= 4 is 21.6 Å². The van der Waals surface area contributed by atoms with E-state index in [1.165, 1.54) is 10.5 Å². The zero-order valence-electron chi connectivity index (χ0n) is 11.3. The van der Waals surface area contributed by atoms with Gasteiger partial charge in [-0.05, 0) is 20.0 Å². The fourth-order valence-corrected chi connectivity index (χ4v) is 4.47. The zero-order chi connectivity index (χ0) is 14.2. The Labute approximate surface area is 118 Å². The van der Waals surface area contributed by atoms with Crippen molar-refractivity contribution in [2.75, 3.05) is 27.2 Å². The van der Waals surface area contributed by atoms with Crippen LogP contribution in [0.2, 0.25) is 0 Å². The molecule has 0 aromatic carbocycles. The molecule has 8 heteroatoms. The normalized spacial score (nSPS) is 25.3. The van der Waals surface area contributed by atoms with E-state index in [2.05, 4.69) is 22.0 Å². The van der Waals surface area contributed by atoms with Crippen molar-refractivity contribution in [1.82, 2.24) is 19.4 Å². The van der Waals surface area contributed by atoms with Gasteiger partial charge in [0.05, 0.1) is 12.1 Å². The first-order chi connectivity index (χ1) is 8.87. The fourth-order valence-electron chi connectivity index (χ4n) is 2.52. The first-order valence-electron chi connectivity index (χ1n) is 6.12. The van der Waals surface area contributed by atoms with Gasteiger partial charge >= 0.3 is 0 Å². The van der Waals surface area contributed by atoms with Crippen LogP contribution in [0.1, 0.15) is 12.5 Å². The number of aromatic nitrogens is 2. The highest BCUT2D eigenvalue weighted by atomic mass is 35.5. The standard InChI is InChI=1S/C11H19ClN4O2S/c1-8-6-16(7-10(8)15(2)3)19(17,18)11-9(4-12)5-13-14-11/h5,8,10H,4,6-7H2,1-3H3,(H,13,14). The van der Waals surface area contributed by atoms with Gasteiger partial charge in [-0.2, -0.15) is 9.40 Å². The summed E-state index contributed by atoms with van der Waals surface area (Å²) in [5.41, 5.74) is 0.516. The molecule has 1 aromatic heterocycles. The summed E-state index contributed by atoms with van der Waals surface area (Å²) in [6.45, 7) is 3.08. The molecule has 0 spiro atoms. The average molecular weight is 307 g/mol. The number of nitrogens with zero attached hydrogens (tertiary/aromatic N) is 3. The predicted octanol–water partition coefficient (Wildman–Crippen LogP) is 0.719. The van der Waals surface area contributed by atoms with Crippen molar-refractivity contribution in [3.63, 3.8) is 0 Å². The van der Waals surface area contributed by atoms with E-state index in [9.17, 15) is 8.42 Å². The van der Waals surface area contributed by atoms with Crippen molar-refractivity contribution < 1.29 is 8.42 Å². The Hall–Kier alpha value is -0.630. The molecule has 1 aliphatic rings. The molecule has 0 saturated carbocycles. The lowest BCUT2D eigenvalue weighted by molar-refractivity contribution is 0.263. The molecule has 0 aliphatic carbocycles. The Bertz CT molecular complexity index is 543. The minimum absolute atomic E-state index is 0.120. The van der Waals surface area contributed by atoms with Gasteiger partial charge in [-0.1, -0.05) is 6.92 Å². The molecule has 2 atom stereocenters. The van der Waals surface area contributed by atoms with E-state index >= 15 is 0 Å². The van der Waals surface area contributed by atoms with E-state index in [1.54, 1.807) is 0 Å². The van der Waals surface area contributed by atoms with Crippen LogP contribution >= 0.6 is 11.6 Å². The van der Waals surface area contributed by atoms with Crippen LogP contribution in [0.5, 0.6) is 0 Å². The van der Waals surface area contributed by atoms with Gasteiger partial charge in [-0.15, -0.1) is 11.6 Å². The topological polar surface area (TPSA) is 69.3 Å². The Morgan fingerprint density at radius 2 is 2.21 bits per heavy atom. The lowest BCUT2D eigenvalue weighted by atomic mass is 10.1. The molecule has 0 radical (unpaired) electrons. The predicted molar refractivity (Wildman–Crippen MR) is 73.5 cm³/mol. The third-order valence-corrected chi connectivity index (χ3v) is 5.76. The van der Waals surface area contributed by atoms with E-state index in [-0.39, 0.29) is 16.9 Å². The van der Waals surface area contributed by atoms with Crippen molar-refractivity contribution in [2.24, 2.45) is 5.92 Å². The molecule has 2 heterocycles. The quantitative estimate of drug-likeness (QED) is 0.832. The molecule has 6 nitrogen and oxygen atoms in total. The van der Waals surface area contributed by atoms with E-state index < -0.39 is 10.0 Å². The first kappa shape index (κ1) is 14.8. The molecular formula is C11H19ClN4O2S. The second kappa shape index (κ2) is 5.40. The largest absolute Gasteiger partial charge is 0.305 e. The Morgan fingerprint density at radius 3 is 2.74 bits per heavy atom. The van der Waals surface area contributed by atoms with Gasteiger partial charge in [-0.3, -0.25) is 5.10 Å². The minimum atomic E-state index is -3.53. The summed E-state index contributed by atoms with van der Waals surface area (Å²) in [6.07, 6.45) is 1.46. The van der Waals surface area contributed by atoms with Gasteiger partial charge in [0.25, 0.3) is 10.0 Å². The monoisotopic (exact) mass is 306 g/mol. The maximum atomic E-state index is 12.6. The number of hydrogen-bond donors (Lipinski definition) is 1. The average Bonchev–Trinajstić information content (AvgIpc) is 2.94. The molecule has 1 fully saturated rings. The SMILES string of the molecule is CC1CN(S(=O)(=O)c2[nH]ncc2CCl)CC1N(C)C. The molecule has 1 aliphatic heterocycles. The van der Waals surface area contributed by atoms with Gasteiger partial charge in [0.1, 0.15) is 0 Å². The Morgan fingerprint density at radius 1 is 1.53 bits per heavy atom. The Kier molecular flexibility index (Phi) is 4.20. The van der Waals surface area contributed by atoms with Gasteiger partial charge in [0.2, 0.25) is 0 Å². The molecule has 2 unspecified atom stereocenters. The molecule has 2 rings (SSSR count). The van der Waals surface area contributed by atoms with E-state index in [4.69, 9.17) is 11.6 Å². The number of H-pyrrole nitrogens is 1. The summed E-state index contributed by atoms with van der Waals surface area (Å²) in [5, 5.41) is 6.45. The lowest BCUT2D eigenvalue weighted by Crippen LogP contribution is -2.36. The van der Waals surface area contributed by atoms with Crippen LogP contribution in [0.25, 0.3) is 0 Å². The van der Waals surface area contributed by atoms with Gasteiger partial charge in [-0.25, -0.2) is 8.42 Å². The van der Waals surface area contributed by atoms with Gasteiger partial charge in [0, 0.05) is 24.7 Å².